The van der Waals surface area contributed by atoms with Gasteiger partial charge in [-0.2, -0.15) is 0 Å². The molecule has 2 unspecified atom stereocenters. The Bertz CT molecular complexity index is 446. The lowest BCUT2D eigenvalue weighted by molar-refractivity contribution is -0.139. The fourth-order valence-electron chi connectivity index (χ4n) is 1.84. The van der Waals surface area contributed by atoms with Gasteiger partial charge in [0.25, 0.3) is 0 Å². The summed E-state index contributed by atoms with van der Waals surface area (Å²) in [5.74, 6) is -0.842. The molecule has 0 saturated heterocycles. The molecule has 2 rings (SSSR count). The number of rotatable bonds is 3. The Balaban J connectivity index is 2.28. The SMILES string of the molecule is COc1cc(C2CC2(N)C(=O)O)ccc1O. The van der Waals surface area contributed by atoms with Gasteiger partial charge in [-0.15, -0.1) is 0 Å². The highest BCUT2D eigenvalue weighted by Crippen LogP contribution is 2.50. The number of aliphatic carboxylic acids is 1. The molecule has 2 atom stereocenters. The number of benzene rings is 1. The minimum Gasteiger partial charge on any atom is -0.504 e. The minimum absolute atomic E-state index is 0.0323. The molecule has 0 aliphatic heterocycles. The van der Waals surface area contributed by atoms with Crippen LogP contribution in [0.4, 0.5) is 0 Å². The van der Waals surface area contributed by atoms with Crippen molar-refractivity contribution in [1.29, 1.82) is 0 Å². The van der Waals surface area contributed by atoms with E-state index in [0.717, 1.165) is 5.56 Å². The number of hydrogen-bond donors (Lipinski definition) is 3. The molecule has 4 N–H and O–H groups in total. The largest absolute Gasteiger partial charge is 0.504 e. The van der Waals surface area contributed by atoms with Crippen molar-refractivity contribution in [2.45, 2.75) is 17.9 Å². The first-order valence-corrected chi connectivity index (χ1v) is 4.88. The van der Waals surface area contributed by atoms with Crippen LogP contribution in [0.5, 0.6) is 11.5 Å². The average Bonchev–Trinajstić information content (AvgIpc) is 2.93. The third-order valence-corrected chi connectivity index (χ3v) is 3.01. The zero-order chi connectivity index (χ0) is 11.9. The normalized spacial score (nSPS) is 27.5. The van der Waals surface area contributed by atoms with Gasteiger partial charge in [0.2, 0.25) is 0 Å². The van der Waals surface area contributed by atoms with Crippen LogP contribution in [0.1, 0.15) is 17.9 Å². The quantitative estimate of drug-likeness (QED) is 0.700. The van der Waals surface area contributed by atoms with E-state index in [1.54, 1.807) is 12.1 Å². The Kier molecular flexibility index (Phi) is 2.27. The average molecular weight is 223 g/mol. The van der Waals surface area contributed by atoms with Gasteiger partial charge in [-0.25, -0.2) is 0 Å². The van der Waals surface area contributed by atoms with Gasteiger partial charge in [0.1, 0.15) is 5.54 Å². The smallest absolute Gasteiger partial charge is 0.324 e. The Morgan fingerprint density at radius 3 is 2.81 bits per heavy atom. The predicted octanol–water partition coefficient (Wildman–Crippen LogP) is 0.670. The maximum absolute atomic E-state index is 10.9. The van der Waals surface area contributed by atoms with Crippen molar-refractivity contribution in [3.8, 4) is 11.5 Å². The second kappa shape index (κ2) is 3.38. The molecule has 0 spiro atoms. The van der Waals surface area contributed by atoms with Gasteiger partial charge in [-0.05, 0) is 24.1 Å². The minimum atomic E-state index is -1.16. The van der Waals surface area contributed by atoms with E-state index in [2.05, 4.69) is 0 Å². The summed E-state index contributed by atoms with van der Waals surface area (Å²) in [6, 6.07) is 4.77. The second-order valence-corrected chi connectivity index (χ2v) is 4.03. The molecular formula is C11H13NO4. The molecule has 1 fully saturated rings. The number of hydrogen-bond acceptors (Lipinski definition) is 4. The molecule has 1 aromatic rings. The fourth-order valence-corrected chi connectivity index (χ4v) is 1.84. The van der Waals surface area contributed by atoms with Crippen LogP contribution in [0.25, 0.3) is 0 Å². The van der Waals surface area contributed by atoms with Gasteiger partial charge in [0.05, 0.1) is 7.11 Å². The van der Waals surface area contributed by atoms with E-state index < -0.39 is 11.5 Å². The van der Waals surface area contributed by atoms with E-state index in [1.165, 1.54) is 13.2 Å². The fraction of sp³-hybridized carbons (Fsp3) is 0.364. The molecule has 1 saturated carbocycles. The van der Waals surface area contributed by atoms with Crippen molar-refractivity contribution >= 4 is 5.97 Å². The standard InChI is InChI=1S/C11H13NO4/c1-16-9-4-6(2-3-8(9)13)7-5-11(7,12)10(14)15/h2-4,7,13H,5,12H2,1H3,(H,14,15). The molecule has 0 heterocycles. The first kappa shape index (κ1) is 10.8. The van der Waals surface area contributed by atoms with Crippen LogP contribution in [0, 0.1) is 0 Å². The predicted molar refractivity (Wildman–Crippen MR) is 56.6 cm³/mol. The molecule has 5 heteroatoms. The summed E-state index contributed by atoms with van der Waals surface area (Å²) in [7, 11) is 1.44. The summed E-state index contributed by atoms with van der Waals surface area (Å²) in [6.45, 7) is 0. The molecule has 0 radical (unpaired) electrons. The van der Waals surface area contributed by atoms with Crippen LogP contribution < -0.4 is 10.5 Å². The van der Waals surface area contributed by atoms with Crippen LogP contribution in [0.3, 0.4) is 0 Å². The lowest BCUT2D eigenvalue weighted by Crippen LogP contribution is -2.34. The molecule has 0 amide bonds. The maximum atomic E-state index is 10.9. The summed E-state index contributed by atoms with van der Waals surface area (Å²) < 4.78 is 4.95. The molecule has 0 bridgehead atoms. The highest BCUT2D eigenvalue weighted by Gasteiger charge is 2.58. The molecular weight excluding hydrogens is 210 g/mol. The Morgan fingerprint density at radius 2 is 2.31 bits per heavy atom. The number of phenols is 1. The third-order valence-electron chi connectivity index (χ3n) is 3.01. The van der Waals surface area contributed by atoms with E-state index in [4.69, 9.17) is 15.6 Å². The van der Waals surface area contributed by atoms with Crippen molar-refractivity contribution in [2.75, 3.05) is 7.11 Å². The lowest BCUT2D eigenvalue weighted by Gasteiger charge is -2.08. The maximum Gasteiger partial charge on any atom is 0.324 e. The van der Waals surface area contributed by atoms with Crippen LogP contribution in [-0.4, -0.2) is 28.8 Å². The number of carboxylic acids is 1. The van der Waals surface area contributed by atoms with Crippen molar-refractivity contribution in [3.05, 3.63) is 23.8 Å². The number of methoxy groups -OCH3 is 1. The molecule has 1 aromatic carbocycles. The number of carboxylic acid groups (broad SMARTS) is 1. The van der Waals surface area contributed by atoms with E-state index in [0.29, 0.717) is 12.2 Å². The van der Waals surface area contributed by atoms with Gasteiger partial charge in [0.15, 0.2) is 11.5 Å². The van der Waals surface area contributed by atoms with Gasteiger partial charge in [-0.1, -0.05) is 6.07 Å². The number of nitrogens with two attached hydrogens (primary N) is 1. The summed E-state index contributed by atoms with van der Waals surface area (Å²) >= 11 is 0. The first-order valence-electron chi connectivity index (χ1n) is 4.88. The zero-order valence-corrected chi connectivity index (χ0v) is 8.80. The van der Waals surface area contributed by atoms with E-state index >= 15 is 0 Å². The number of carbonyl (C=O) groups is 1. The monoisotopic (exact) mass is 223 g/mol. The topological polar surface area (TPSA) is 92.8 Å². The lowest BCUT2D eigenvalue weighted by atomic mass is 10.1. The highest BCUT2D eigenvalue weighted by atomic mass is 16.5. The molecule has 0 aromatic heterocycles. The van der Waals surface area contributed by atoms with Crippen molar-refractivity contribution in [1.82, 2.24) is 0 Å². The van der Waals surface area contributed by atoms with E-state index in [9.17, 15) is 9.90 Å². The summed E-state index contributed by atoms with van der Waals surface area (Å²) in [5, 5.41) is 18.3. The first-order chi connectivity index (χ1) is 7.49. The Hall–Kier alpha value is -1.75. The van der Waals surface area contributed by atoms with Crippen LogP contribution in [0.2, 0.25) is 0 Å². The molecule has 86 valence electrons. The van der Waals surface area contributed by atoms with Crippen LogP contribution in [-0.2, 0) is 4.79 Å². The highest BCUT2D eigenvalue weighted by molar-refractivity contribution is 5.85. The second-order valence-electron chi connectivity index (χ2n) is 4.03. The van der Waals surface area contributed by atoms with Gasteiger partial charge in [-0.3, -0.25) is 4.79 Å². The van der Waals surface area contributed by atoms with Gasteiger partial charge >= 0.3 is 5.97 Å². The Morgan fingerprint density at radius 1 is 1.62 bits per heavy atom. The number of phenolic OH excluding ortho intramolecular Hbond substituents is 1. The van der Waals surface area contributed by atoms with Crippen molar-refractivity contribution < 1.29 is 19.7 Å². The number of aromatic hydroxyl groups is 1. The van der Waals surface area contributed by atoms with Crippen molar-refractivity contribution in [2.24, 2.45) is 5.73 Å². The Labute approximate surface area is 92.5 Å². The van der Waals surface area contributed by atoms with Gasteiger partial charge < -0.3 is 20.7 Å². The van der Waals surface area contributed by atoms with Gasteiger partial charge in [0, 0.05) is 5.92 Å². The molecule has 1 aliphatic rings. The zero-order valence-electron chi connectivity index (χ0n) is 8.80. The van der Waals surface area contributed by atoms with E-state index in [-0.39, 0.29) is 11.7 Å². The summed E-state index contributed by atoms with van der Waals surface area (Å²) in [5.41, 5.74) is 5.31. The molecule has 16 heavy (non-hydrogen) atoms. The molecule has 1 aliphatic carbocycles. The van der Waals surface area contributed by atoms with E-state index in [1.807, 2.05) is 0 Å². The third kappa shape index (κ3) is 1.49. The van der Waals surface area contributed by atoms with Crippen LogP contribution in [0.15, 0.2) is 18.2 Å². The van der Waals surface area contributed by atoms with Crippen LogP contribution >= 0.6 is 0 Å². The van der Waals surface area contributed by atoms with Crippen molar-refractivity contribution in [3.63, 3.8) is 0 Å². The molecule has 5 nitrogen and oxygen atoms in total. The number of ether oxygens (including phenoxy) is 1. The summed E-state index contributed by atoms with van der Waals surface area (Å²) in [4.78, 5) is 10.9. The summed E-state index contributed by atoms with van der Waals surface area (Å²) in [6.07, 6.45) is 0.413.